The standard InChI is InChI=1S/C13H11NO5S/c1-19-10-4-5-20-11(10)12(16)14-8-6-7(13(17)18)2-3-9(8)15/h2-6,15H,1H3,(H,14,16)(H,17,18). The first-order valence-corrected chi connectivity index (χ1v) is 6.40. The molecule has 0 atom stereocenters. The number of ether oxygens (including phenoxy) is 1. The number of phenolic OH excluding ortho intramolecular Hbond substituents is 1. The second-order valence-corrected chi connectivity index (χ2v) is 4.73. The second kappa shape index (κ2) is 5.62. The Balaban J connectivity index is 2.28. The number of anilines is 1. The van der Waals surface area contributed by atoms with Crippen molar-refractivity contribution in [2.45, 2.75) is 0 Å². The van der Waals surface area contributed by atoms with Crippen LogP contribution in [0.25, 0.3) is 0 Å². The van der Waals surface area contributed by atoms with Gasteiger partial charge in [-0.15, -0.1) is 11.3 Å². The predicted molar refractivity (Wildman–Crippen MR) is 73.9 cm³/mol. The zero-order chi connectivity index (χ0) is 14.7. The van der Waals surface area contributed by atoms with E-state index in [9.17, 15) is 14.7 Å². The lowest BCUT2D eigenvalue weighted by Gasteiger charge is -2.08. The van der Waals surface area contributed by atoms with Crippen molar-refractivity contribution in [2.24, 2.45) is 0 Å². The maximum atomic E-state index is 12.0. The highest BCUT2D eigenvalue weighted by Crippen LogP contribution is 2.28. The van der Waals surface area contributed by atoms with Gasteiger partial charge in [-0.25, -0.2) is 4.79 Å². The van der Waals surface area contributed by atoms with Crippen LogP contribution in [0.3, 0.4) is 0 Å². The van der Waals surface area contributed by atoms with E-state index in [1.165, 1.54) is 36.6 Å². The third-order valence-corrected chi connectivity index (χ3v) is 3.44. The number of hydrogen-bond donors (Lipinski definition) is 3. The van der Waals surface area contributed by atoms with Gasteiger partial charge in [-0.2, -0.15) is 0 Å². The molecule has 0 fully saturated rings. The quantitative estimate of drug-likeness (QED) is 0.752. The minimum Gasteiger partial charge on any atom is -0.506 e. The van der Waals surface area contributed by atoms with E-state index >= 15 is 0 Å². The molecule has 1 heterocycles. The molecule has 2 rings (SSSR count). The first-order chi connectivity index (χ1) is 9.52. The van der Waals surface area contributed by atoms with Crippen molar-refractivity contribution >= 4 is 28.9 Å². The van der Waals surface area contributed by atoms with Crippen molar-refractivity contribution in [1.29, 1.82) is 0 Å². The molecule has 1 aromatic carbocycles. The van der Waals surface area contributed by atoms with Gasteiger partial charge in [-0.05, 0) is 29.6 Å². The minimum absolute atomic E-state index is 0.0313. The summed E-state index contributed by atoms with van der Waals surface area (Å²) in [7, 11) is 1.45. The number of carboxylic acids is 1. The van der Waals surface area contributed by atoms with Crippen molar-refractivity contribution in [3.05, 3.63) is 40.1 Å². The number of phenols is 1. The molecule has 1 aromatic heterocycles. The van der Waals surface area contributed by atoms with Crippen LogP contribution in [0.2, 0.25) is 0 Å². The maximum Gasteiger partial charge on any atom is 0.335 e. The van der Waals surface area contributed by atoms with E-state index in [1.807, 2.05) is 0 Å². The number of thiophene rings is 1. The lowest BCUT2D eigenvalue weighted by molar-refractivity contribution is 0.0696. The summed E-state index contributed by atoms with van der Waals surface area (Å²) in [5.41, 5.74) is 0.00148. The molecule has 6 nitrogen and oxygen atoms in total. The third-order valence-electron chi connectivity index (χ3n) is 2.55. The average Bonchev–Trinajstić information content (AvgIpc) is 2.89. The number of carbonyl (C=O) groups is 2. The molecule has 1 amide bonds. The number of nitrogens with one attached hydrogen (secondary N) is 1. The Labute approximate surface area is 118 Å². The van der Waals surface area contributed by atoms with Gasteiger partial charge in [0, 0.05) is 0 Å². The van der Waals surface area contributed by atoms with E-state index in [2.05, 4.69) is 5.32 Å². The molecule has 0 bridgehead atoms. The topological polar surface area (TPSA) is 95.9 Å². The molecule has 0 unspecified atom stereocenters. The molecular weight excluding hydrogens is 282 g/mol. The Morgan fingerprint density at radius 1 is 1.30 bits per heavy atom. The molecule has 0 spiro atoms. The number of amides is 1. The number of hydrogen-bond acceptors (Lipinski definition) is 5. The summed E-state index contributed by atoms with van der Waals surface area (Å²) in [5.74, 6) is -1.41. The van der Waals surface area contributed by atoms with E-state index in [0.29, 0.717) is 10.6 Å². The molecule has 0 aliphatic carbocycles. The fraction of sp³-hybridized carbons (Fsp3) is 0.0769. The molecule has 0 radical (unpaired) electrons. The third kappa shape index (κ3) is 2.72. The molecular formula is C13H11NO5S. The van der Waals surface area contributed by atoms with Gasteiger partial charge in [-0.3, -0.25) is 4.79 Å². The van der Waals surface area contributed by atoms with Crippen LogP contribution in [0.5, 0.6) is 11.5 Å². The van der Waals surface area contributed by atoms with Gasteiger partial charge in [0.05, 0.1) is 18.4 Å². The summed E-state index contributed by atoms with van der Waals surface area (Å²) in [5, 5.41) is 22.7. The monoisotopic (exact) mass is 293 g/mol. The van der Waals surface area contributed by atoms with Gasteiger partial charge in [-0.1, -0.05) is 0 Å². The molecule has 0 saturated heterocycles. The highest BCUT2D eigenvalue weighted by molar-refractivity contribution is 7.12. The van der Waals surface area contributed by atoms with E-state index < -0.39 is 11.9 Å². The minimum atomic E-state index is -1.14. The fourth-order valence-electron chi connectivity index (χ4n) is 1.57. The summed E-state index contributed by atoms with van der Waals surface area (Å²) in [6.45, 7) is 0. The molecule has 0 aliphatic heterocycles. The first-order valence-electron chi connectivity index (χ1n) is 5.52. The molecule has 3 N–H and O–H groups in total. The summed E-state index contributed by atoms with van der Waals surface area (Å²) >= 11 is 1.18. The van der Waals surface area contributed by atoms with Gasteiger partial charge in [0.15, 0.2) is 0 Å². The Morgan fingerprint density at radius 2 is 2.05 bits per heavy atom. The number of aromatic hydroxyl groups is 1. The fourth-order valence-corrected chi connectivity index (χ4v) is 2.33. The average molecular weight is 293 g/mol. The summed E-state index contributed by atoms with van der Waals surface area (Å²) < 4.78 is 5.03. The van der Waals surface area contributed by atoms with Crippen molar-refractivity contribution in [1.82, 2.24) is 0 Å². The second-order valence-electron chi connectivity index (χ2n) is 3.81. The largest absolute Gasteiger partial charge is 0.506 e. The molecule has 20 heavy (non-hydrogen) atoms. The number of methoxy groups -OCH3 is 1. The van der Waals surface area contributed by atoms with Gasteiger partial charge in [0.2, 0.25) is 0 Å². The smallest absolute Gasteiger partial charge is 0.335 e. The normalized spacial score (nSPS) is 10.1. The van der Waals surface area contributed by atoms with Crippen molar-refractivity contribution in [3.8, 4) is 11.5 Å². The highest BCUT2D eigenvalue weighted by atomic mass is 32.1. The van der Waals surface area contributed by atoms with E-state index in [0.717, 1.165) is 0 Å². The molecule has 0 saturated carbocycles. The Hall–Kier alpha value is -2.54. The Kier molecular flexibility index (Phi) is 3.90. The summed E-state index contributed by atoms with van der Waals surface area (Å²) in [6.07, 6.45) is 0. The molecule has 7 heteroatoms. The van der Waals surface area contributed by atoms with Crippen LogP contribution >= 0.6 is 11.3 Å². The van der Waals surface area contributed by atoms with E-state index in [-0.39, 0.29) is 17.0 Å². The SMILES string of the molecule is COc1ccsc1C(=O)Nc1cc(C(=O)O)ccc1O. The predicted octanol–water partition coefficient (Wildman–Crippen LogP) is 2.41. The Bertz CT molecular complexity index is 665. The number of aromatic carboxylic acids is 1. The van der Waals surface area contributed by atoms with Crippen molar-refractivity contribution < 1.29 is 24.5 Å². The number of benzene rings is 1. The van der Waals surface area contributed by atoms with Crippen molar-refractivity contribution in [3.63, 3.8) is 0 Å². The molecule has 0 aliphatic rings. The summed E-state index contributed by atoms with van der Waals surface area (Å²) in [4.78, 5) is 23.3. The Morgan fingerprint density at radius 3 is 2.70 bits per heavy atom. The van der Waals surface area contributed by atoms with Crippen LogP contribution in [0.1, 0.15) is 20.0 Å². The lowest BCUT2D eigenvalue weighted by Crippen LogP contribution is -2.12. The van der Waals surface area contributed by atoms with Crippen LogP contribution in [0.15, 0.2) is 29.6 Å². The lowest BCUT2D eigenvalue weighted by atomic mass is 10.2. The first kappa shape index (κ1) is 13.9. The maximum absolute atomic E-state index is 12.0. The zero-order valence-electron chi connectivity index (χ0n) is 10.4. The molecule has 2 aromatic rings. The summed E-state index contributed by atoms with van der Waals surface area (Å²) in [6, 6.07) is 5.30. The van der Waals surface area contributed by atoms with Gasteiger partial charge >= 0.3 is 5.97 Å². The van der Waals surface area contributed by atoms with Gasteiger partial charge < -0.3 is 20.3 Å². The highest BCUT2D eigenvalue weighted by Gasteiger charge is 2.16. The van der Waals surface area contributed by atoms with E-state index in [4.69, 9.17) is 9.84 Å². The number of carboxylic acid groups (broad SMARTS) is 1. The number of rotatable bonds is 4. The van der Waals surface area contributed by atoms with Gasteiger partial charge in [0.1, 0.15) is 16.4 Å². The van der Waals surface area contributed by atoms with Crippen LogP contribution < -0.4 is 10.1 Å². The van der Waals surface area contributed by atoms with Crippen LogP contribution in [-0.2, 0) is 0 Å². The van der Waals surface area contributed by atoms with Crippen LogP contribution in [0, 0.1) is 0 Å². The van der Waals surface area contributed by atoms with Crippen molar-refractivity contribution in [2.75, 3.05) is 12.4 Å². The van der Waals surface area contributed by atoms with Gasteiger partial charge in [0.25, 0.3) is 5.91 Å². The number of carbonyl (C=O) groups excluding carboxylic acids is 1. The zero-order valence-corrected chi connectivity index (χ0v) is 11.2. The van der Waals surface area contributed by atoms with E-state index in [1.54, 1.807) is 11.4 Å². The molecule has 104 valence electrons. The van der Waals surface area contributed by atoms with Crippen LogP contribution in [-0.4, -0.2) is 29.2 Å². The van der Waals surface area contributed by atoms with Crippen LogP contribution in [0.4, 0.5) is 5.69 Å².